The third-order valence-corrected chi connectivity index (χ3v) is 0.713. The summed E-state index contributed by atoms with van der Waals surface area (Å²) in [7, 11) is 0. The lowest BCUT2D eigenvalue weighted by atomic mass is 10.3. The summed E-state index contributed by atoms with van der Waals surface area (Å²) in [5.41, 5.74) is 6.82. The van der Waals surface area contributed by atoms with Crippen LogP contribution in [-0.2, 0) is 0 Å². The third kappa shape index (κ3) is 2.18. The Kier molecular flexibility index (Phi) is 3.08. The summed E-state index contributed by atoms with van der Waals surface area (Å²) < 4.78 is 0. The highest BCUT2D eigenvalue weighted by atomic mass is 16.3. The lowest BCUT2D eigenvalue weighted by molar-refractivity contribution is 0.259. The van der Waals surface area contributed by atoms with Crippen LogP contribution in [0.3, 0.4) is 0 Å². The Labute approximate surface area is 38.0 Å². The van der Waals surface area contributed by atoms with Gasteiger partial charge in [-0.3, -0.25) is 5.73 Å². The molecule has 2 nitrogen and oxygen atoms in total. The predicted molar refractivity (Wildman–Crippen MR) is 24.3 cm³/mol. The number of hydrogen-bond donors (Lipinski definition) is 1. The van der Waals surface area contributed by atoms with Gasteiger partial charge in [0.05, 0.1) is 6.61 Å². The molecule has 0 saturated carbocycles. The summed E-state index contributed by atoms with van der Waals surface area (Å²) in [6, 6.07) is -0.259. The SMILES string of the molecule is CC[C@H]([NH])CO. The van der Waals surface area contributed by atoms with Crippen molar-refractivity contribution in [2.24, 2.45) is 0 Å². The van der Waals surface area contributed by atoms with E-state index in [0.717, 1.165) is 6.42 Å². The Balaban J connectivity index is 2.75. The summed E-state index contributed by atoms with van der Waals surface area (Å²) in [5.74, 6) is 0. The maximum absolute atomic E-state index is 8.15. The van der Waals surface area contributed by atoms with Gasteiger partial charge in [-0.05, 0) is 6.42 Å². The Morgan fingerprint density at radius 3 is 2.33 bits per heavy atom. The van der Waals surface area contributed by atoms with Crippen LogP contribution in [0.4, 0.5) is 0 Å². The average Bonchev–Trinajstić information content (AvgIpc) is 1.65. The summed E-state index contributed by atoms with van der Waals surface area (Å²) in [6.07, 6.45) is 0.747. The van der Waals surface area contributed by atoms with Gasteiger partial charge in [0, 0.05) is 6.04 Å². The first-order chi connectivity index (χ1) is 2.81. The lowest BCUT2D eigenvalue weighted by Crippen LogP contribution is -2.11. The minimum Gasteiger partial charge on any atom is -0.395 e. The molecule has 0 aromatic heterocycles. The van der Waals surface area contributed by atoms with E-state index >= 15 is 0 Å². The maximum atomic E-state index is 8.15. The molecular weight excluding hydrogens is 78.0 g/mol. The van der Waals surface area contributed by atoms with Crippen molar-refractivity contribution in [1.29, 1.82) is 0 Å². The first-order valence-electron chi connectivity index (χ1n) is 2.13. The zero-order chi connectivity index (χ0) is 4.99. The normalized spacial score (nSPS) is 14.5. The second kappa shape index (κ2) is 3.12. The first-order valence-corrected chi connectivity index (χ1v) is 2.13. The molecule has 1 radical (unpaired) electrons. The molecule has 0 amide bonds. The Morgan fingerprint density at radius 1 is 1.83 bits per heavy atom. The van der Waals surface area contributed by atoms with Gasteiger partial charge >= 0.3 is 0 Å². The fourth-order valence-corrected chi connectivity index (χ4v) is 0.129. The zero-order valence-electron chi connectivity index (χ0n) is 3.94. The van der Waals surface area contributed by atoms with E-state index in [4.69, 9.17) is 10.8 Å². The number of rotatable bonds is 2. The number of aliphatic hydroxyl groups is 1. The van der Waals surface area contributed by atoms with Gasteiger partial charge < -0.3 is 5.11 Å². The quantitative estimate of drug-likeness (QED) is 0.509. The van der Waals surface area contributed by atoms with Crippen LogP contribution in [0.1, 0.15) is 13.3 Å². The lowest BCUT2D eigenvalue weighted by Gasteiger charge is -1.97. The zero-order valence-corrected chi connectivity index (χ0v) is 3.94. The minimum atomic E-state index is -0.259. The first kappa shape index (κ1) is 5.92. The Morgan fingerprint density at radius 2 is 2.33 bits per heavy atom. The van der Waals surface area contributed by atoms with E-state index in [1.807, 2.05) is 6.92 Å². The molecule has 0 aromatic carbocycles. The molecule has 6 heavy (non-hydrogen) atoms. The highest BCUT2D eigenvalue weighted by Crippen LogP contribution is 1.82. The van der Waals surface area contributed by atoms with Crippen molar-refractivity contribution in [2.45, 2.75) is 19.4 Å². The van der Waals surface area contributed by atoms with Gasteiger partial charge in [-0.2, -0.15) is 0 Å². The van der Waals surface area contributed by atoms with Gasteiger partial charge in [-0.15, -0.1) is 0 Å². The van der Waals surface area contributed by atoms with Gasteiger partial charge in [0.1, 0.15) is 0 Å². The van der Waals surface area contributed by atoms with E-state index in [-0.39, 0.29) is 12.6 Å². The van der Waals surface area contributed by atoms with Gasteiger partial charge in [0.15, 0.2) is 0 Å². The molecule has 0 aromatic rings. The molecular formula is C4H10NO. The molecule has 37 valence electrons. The molecule has 0 unspecified atom stereocenters. The van der Waals surface area contributed by atoms with Crippen LogP contribution in [0, 0.1) is 0 Å². The minimum absolute atomic E-state index is 0.00347. The van der Waals surface area contributed by atoms with Crippen LogP contribution >= 0.6 is 0 Å². The summed E-state index contributed by atoms with van der Waals surface area (Å²) in [4.78, 5) is 0. The van der Waals surface area contributed by atoms with Crippen LogP contribution in [-0.4, -0.2) is 17.8 Å². The molecule has 0 aliphatic carbocycles. The van der Waals surface area contributed by atoms with Gasteiger partial charge in [-0.25, -0.2) is 0 Å². The van der Waals surface area contributed by atoms with Gasteiger partial charge in [0.25, 0.3) is 0 Å². The van der Waals surface area contributed by atoms with Crippen molar-refractivity contribution in [1.82, 2.24) is 5.73 Å². The molecule has 0 rings (SSSR count). The van der Waals surface area contributed by atoms with Crippen LogP contribution in [0.5, 0.6) is 0 Å². The van der Waals surface area contributed by atoms with E-state index in [0.29, 0.717) is 0 Å². The van der Waals surface area contributed by atoms with E-state index in [9.17, 15) is 0 Å². The van der Waals surface area contributed by atoms with Crippen molar-refractivity contribution in [3.05, 3.63) is 0 Å². The van der Waals surface area contributed by atoms with Gasteiger partial charge in [-0.1, -0.05) is 6.92 Å². The van der Waals surface area contributed by atoms with Crippen molar-refractivity contribution in [2.75, 3.05) is 6.61 Å². The molecule has 2 N–H and O–H groups in total. The number of hydrogen-bond acceptors (Lipinski definition) is 1. The predicted octanol–water partition coefficient (Wildman–Crippen LogP) is 0.0402. The van der Waals surface area contributed by atoms with E-state index in [2.05, 4.69) is 0 Å². The maximum Gasteiger partial charge on any atom is 0.0598 e. The standard InChI is InChI=1S/C4H10NO/c1-2-4(5)3-6/h4-6H,2-3H2,1H3/t4-/m0/s1. The van der Waals surface area contributed by atoms with Crippen molar-refractivity contribution in [3.63, 3.8) is 0 Å². The molecule has 1 atom stereocenters. The molecule has 0 heterocycles. The third-order valence-electron chi connectivity index (χ3n) is 0.713. The largest absolute Gasteiger partial charge is 0.395 e. The van der Waals surface area contributed by atoms with E-state index in [1.54, 1.807) is 0 Å². The molecule has 0 bridgehead atoms. The topological polar surface area (TPSA) is 44.0 Å². The van der Waals surface area contributed by atoms with Gasteiger partial charge in [0.2, 0.25) is 0 Å². The number of aliphatic hydroxyl groups excluding tert-OH is 1. The smallest absolute Gasteiger partial charge is 0.0598 e. The number of nitrogens with one attached hydrogen (secondary N) is 1. The van der Waals surface area contributed by atoms with E-state index < -0.39 is 0 Å². The Bertz CT molecular complexity index is 26.7. The second-order valence-electron chi connectivity index (χ2n) is 1.29. The summed E-state index contributed by atoms with van der Waals surface area (Å²) >= 11 is 0. The molecule has 0 aliphatic heterocycles. The van der Waals surface area contributed by atoms with Crippen LogP contribution in [0.15, 0.2) is 0 Å². The highest BCUT2D eigenvalue weighted by molar-refractivity contribution is 4.50. The highest BCUT2D eigenvalue weighted by Gasteiger charge is 1.91. The van der Waals surface area contributed by atoms with E-state index in [1.165, 1.54) is 0 Å². The molecule has 2 heteroatoms. The molecule has 0 fully saturated rings. The Hall–Kier alpha value is -0.0800. The molecule has 0 aliphatic rings. The molecule has 0 spiro atoms. The summed E-state index contributed by atoms with van der Waals surface area (Å²) in [5, 5.41) is 8.15. The van der Waals surface area contributed by atoms with Crippen molar-refractivity contribution in [3.8, 4) is 0 Å². The average molecular weight is 88.1 g/mol. The molecule has 0 saturated heterocycles. The fraction of sp³-hybridized carbons (Fsp3) is 1.00. The van der Waals surface area contributed by atoms with Crippen LogP contribution in [0.25, 0.3) is 0 Å². The monoisotopic (exact) mass is 88.1 g/mol. The van der Waals surface area contributed by atoms with Crippen LogP contribution < -0.4 is 5.73 Å². The fourth-order valence-electron chi connectivity index (χ4n) is 0.129. The van der Waals surface area contributed by atoms with Crippen molar-refractivity contribution >= 4 is 0 Å². The van der Waals surface area contributed by atoms with Crippen LogP contribution in [0.2, 0.25) is 0 Å². The van der Waals surface area contributed by atoms with Crippen molar-refractivity contribution < 1.29 is 5.11 Å². The summed E-state index contributed by atoms with van der Waals surface area (Å²) in [6.45, 7) is 1.88. The second-order valence-corrected chi connectivity index (χ2v) is 1.29.